The second-order valence-corrected chi connectivity index (χ2v) is 4.85. The van der Waals surface area contributed by atoms with Crippen LogP contribution in [0.4, 0.5) is 0 Å². The van der Waals surface area contributed by atoms with Crippen LogP contribution in [0.3, 0.4) is 0 Å². The molecule has 0 saturated heterocycles. The van der Waals surface area contributed by atoms with Crippen molar-refractivity contribution in [2.75, 3.05) is 7.11 Å². The number of hydrogen-bond donors (Lipinski definition) is 0. The molecular weight excluding hydrogens is 256 g/mol. The average molecular weight is 272 g/mol. The fraction of sp³-hybridized carbons (Fsp3) is 0.333. The molecule has 5 heteroatoms. The minimum Gasteiger partial charge on any atom is -0.486 e. The smallest absolute Gasteiger partial charge is 0.393 e. The van der Waals surface area contributed by atoms with Crippen LogP contribution in [0.15, 0.2) is 34.9 Å². The Morgan fingerprint density at radius 3 is 2.55 bits per heavy atom. The van der Waals surface area contributed by atoms with E-state index < -0.39 is 5.41 Å². The maximum absolute atomic E-state index is 9.08. The lowest BCUT2D eigenvalue weighted by molar-refractivity contribution is 0.235. The van der Waals surface area contributed by atoms with Gasteiger partial charge in [0.25, 0.3) is 0 Å². The van der Waals surface area contributed by atoms with Gasteiger partial charge >= 0.3 is 6.08 Å². The Morgan fingerprint density at radius 2 is 2.00 bits per heavy atom. The second-order valence-electron chi connectivity index (χ2n) is 4.85. The van der Waals surface area contributed by atoms with Crippen molar-refractivity contribution < 1.29 is 13.9 Å². The molecule has 0 unspecified atom stereocenters. The molecule has 0 saturated carbocycles. The van der Waals surface area contributed by atoms with Crippen LogP contribution in [0.5, 0.6) is 11.8 Å². The van der Waals surface area contributed by atoms with Gasteiger partial charge in [0.15, 0.2) is 5.76 Å². The third-order valence-corrected chi connectivity index (χ3v) is 2.94. The molecule has 0 N–H and O–H groups in total. The normalized spacial score (nSPS) is 10.9. The summed E-state index contributed by atoms with van der Waals surface area (Å²) in [5.41, 5.74) is 0.449. The Balaban J connectivity index is 1.99. The van der Waals surface area contributed by atoms with E-state index >= 15 is 0 Å². The predicted octanol–water partition coefficient (Wildman–Crippen LogP) is 3.06. The summed E-state index contributed by atoms with van der Waals surface area (Å²) < 4.78 is 15.7. The molecule has 0 fully saturated rings. The molecule has 104 valence electrons. The first-order valence-electron chi connectivity index (χ1n) is 6.18. The summed E-state index contributed by atoms with van der Waals surface area (Å²) in [6.07, 6.45) is 1.78. The van der Waals surface area contributed by atoms with Crippen LogP contribution in [0, 0.1) is 11.3 Å². The largest absolute Gasteiger partial charge is 0.486 e. The van der Waals surface area contributed by atoms with Crippen molar-refractivity contribution >= 4 is 0 Å². The van der Waals surface area contributed by atoms with Crippen molar-refractivity contribution in [2.24, 2.45) is 0 Å². The van der Waals surface area contributed by atoms with Crippen LogP contribution in [-0.4, -0.2) is 12.1 Å². The third-order valence-electron chi connectivity index (χ3n) is 2.94. The highest BCUT2D eigenvalue weighted by Gasteiger charge is 2.19. The van der Waals surface area contributed by atoms with Gasteiger partial charge in [0.1, 0.15) is 12.4 Å². The van der Waals surface area contributed by atoms with E-state index in [2.05, 4.69) is 11.1 Å². The molecule has 20 heavy (non-hydrogen) atoms. The van der Waals surface area contributed by atoms with Gasteiger partial charge in [-0.3, -0.25) is 0 Å². The van der Waals surface area contributed by atoms with E-state index in [4.69, 9.17) is 19.2 Å². The monoisotopic (exact) mass is 272 g/mol. The molecule has 1 heterocycles. The van der Waals surface area contributed by atoms with Crippen molar-refractivity contribution in [3.05, 3.63) is 41.8 Å². The van der Waals surface area contributed by atoms with Crippen molar-refractivity contribution in [3.63, 3.8) is 0 Å². The van der Waals surface area contributed by atoms with E-state index in [1.807, 2.05) is 38.1 Å². The van der Waals surface area contributed by atoms with Gasteiger partial charge in [0, 0.05) is 0 Å². The fourth-order valence-electron chi connectivity index (χ4n) is 1.64. The summed E-state index contributed by atoms with van der Waals surface area (Å²) in [7, 11) is 1.49. The van der Waals surface area contributed by atoms with Crippen LogP contribution in [0.2, 0.25) is 0 Å². The van der Waals surface area contributed by atoms with E-state index in [9.17, 15) is 0 Å². The van der Waals surface area contributed by atoms with Gasteiger partial charge in [-0.05, 0) is 31.5 Å². The number of hydrogen-bond acceptors (Lipinski definition) is 5. The predicted molar refractivity (Wildman–Crippen MR) is 72.5 cm³/mol. The van der Waals surface area contributed by atoms with Gasteiger partial charge in [-0.2, -0.15) is 10.2 Å². The molecule has 2 rings (SSSR count). The molecule has 2 aromatic rings. The number of oxazole rings is 1. The minimum atomic E-state index is -0.503. The van der Waals surface area contributed by atoms with E-state index in [1.165, 1.54) is 7.11 Å². The summed E-state index contributed by atoms with van der Waals surface area (Å²) in [6, 6.07) is 9.71. The van der Waals surface area contributed by atoms with Crippen molar-refractivity contribution in [1.82, 2.24) is 4.98 Å². The molecule has 0 bridgehead atoms. The molecule has 0 amide bonds. The number of methoxy groups -OCH3 is 1. The molecule has 0 aliphatic heterocycles. The zero-order valence-electron chi connectivity index (χ0n) is 11.7. The van der Waals surface area contributed by atoms with Gasteiger partial charge in [0.2, 0.25) is 0 Å². The van der Waals surface area contributed by atoms with Crippen molar-refractivity contribution in [2.45, 2.75) is 25.9 Å². The summed E-state index contributed by atoms with van der Waals surface area (Å²) >= 11 is 0. The first-order valence-corrected chi connectivity index (χ1v) is 6.18. The molecule has 0 aliphatic carbocycles. The third kappa shape index (κ3) is 3.09. The van der Waals surface area contributed by atoms with Crippen LogP contribution in [-0.2, 0) is 12.0 Å². The Kier molecular flexibility index (Phi) is 3.94. The second kappa shape index (κ2) is 5.66. The number of benzene rings is 1. The van der Waals surface area contributed by atoms with E-state index in [0.29, 0.717) is 11.5 Å². The summed E-state index contributed by atoms with van der Waals surface area (Å²) in [4.78, 5) is 3.90. The molecule has 0 atom stereocenters. The molecule has 0 radical (unpaired) electrons. The van der Waals surface area contributed by atoms with Crippen molar-refractivity contribution in [3.8, 4) is 17.9 Å². The average Bonchev–Trinajstić information content (AvgIpc) is 2.93. The highest BCUT2D eigenvalue weighted by Crippen LogP contribution is 2.24. The minimum absolute atomic E-state index is 0.217. The van der Waals surface area contributed by atoms with Crippen LogP contribution in [0.25, 0.3) is 0 Å². The number of nitrogens with zero attached hydrogens (tertiary/aromatic N) is 2. The zero-order valence-corrected chi connectivity index (χ0v) is 11.7. The Morgan fingerprint density at radius 1 is 1.30 bits per heavy atom. The number of rotatable bonds is 5. The molecule has 0 aliphatic rings. The quantitative estimate of drug-likeness (QED) is 0.836. The van der Waals surface area contributed by atoms with Gasteiger partial charge in [-0.25, -0.2) is 0 Å². The lowest BCUT2D eigenvalue weighted by atomic mass is 9.86. The molecule has 1 aromatic heterocycles. The fourth-order valence-corrected chi connectivity index (χ4v) is 1.64. The Hall–Kier alpha value is -2.48. The molecular formula is C15H16N2O3. The van der Waals surface area contributed by atoms with Crippen LogP contribution in [0.1, 0.15) is 25.2 Å². The number of ether oxygens (including phenoxy) is 2. The highest BCUT2D eigenvalue weighted by atomic mass is 16.6. The zero-order chi connectivity index (χ0) is 14.6. The van der Waals surface area contributed by atoms with Crippen LogP contribution < -0.4 is 9.47 Å². The lowest BCUT2D eigenvalue weighted by Gasteiger charge is -2.15. The molecule has 5 nitrogen and oxygen atoms in total. The van der Waals surface area contributed by atoms with Crippen molar-refractivity contribution in [1.29, 1.82) is 5.26 Å². The number of nitriles is 1. The van der Waals surface area contributed by atoms with Crippen LogP contribution >= 0.6 is 0 Å². The Labute approximate surface area is 117 Å². The maximum Gasteiger partial charge on any atom is 0.393 e. The molecule has 1 aromatic carbocycles. The summed E-state index contributed by atoms with van der Waals surface area (Å²) in [5, 5.41) is 9.08. The van der Waals surface area contributed by atoms with Gasteiger partial charge in [-0.15, -0.1) is 0 Å². The lowest BCUT2D eigenvalue weighted by Crippen LogP contribution is -2.13. The SMILES string of the molecule is COc1ncc(COc2ccc(C(C)(C)C#N)cc2)o1. The van der Waals surface area contributed by atoms with Gasteiger partial charge in [-0.1, -0.05) is 12.1 Å². The summed E-state index contributed by atoms with van der Waals surface area (Å²) in [6.45, 7) is 4.03. The first-order chi connectivity index (χ1) is 9.55. The Bertz CT molecular complexity index is 609. The van der Waals surface area contributed by atoms with E-state index in [-0.39, 0.29) is 12.7 Å². The molecule has 0 spiro atoms. The first kappa shape index (κ1) is 13.9. The number of aromatic nitrogens is 1. The topological polar surface area (TPSA) is 68.3 Å². The standard InChI is InChI=1S/C15H16N2O3/c1-15(2,10-16)11-4-6-12(7-5-11)19-9-13-8-17-14(18-3)20-13/h4-8H,9H2,1-3H3. The highest BCUT2D eigenvalue weighted by molar-refractivity contribution is 5.35. The van der Waals surface area contributed by atoms with Gasteiger partial charge < -0.3 is 13.9 Å². The van der Waals surface area contributed by atoms with Gasteiger partial charge in [0.05, 0.1) is 24.8 Å². The van der Waals surface area contributed by atoms with E-state index in [0.717, 1.165) is 5.56 Å². The van der Waals surface area contributed by atoms with E-state index in [1.54, 1.807) is 6.20 Å². The summed E-state index contributed by atoms with van der Waals surface area (Å²) in [5.74, 6) is 1.29. The maximum atomic E-state index is 9.08.